The van der Waals surface area contributed by atoms with E-state index in [1.165, 1.54) is 12.3 Å². The van der Waals surface area contributed by atoms with Gasteiger partial charge in [0.05, 0.1) is 10.7 Å². The number of pyridine rings is 1. The lowest BCUT2D eigenvalue weighted by molar-refractivity contribution is 0.415. The second-order valence-corrected chi connectivity index (χ2v) is 5.11. The van der Waals surface area contributed by atoms with E-state index < -0.39 is 0 Å². The molecule has 0 aliphatic carbocycles. The molecule has 1 N–H and O–H groups in total. The molecule has 1 heterocycles. The van der Waals surface area contributed by atoms with Crippen molar-refractivity contribution in [2.24, 2.45) is 5.92 Å². The van der Waals surface area contributed by atoms with Gasteiger partial charge in [-0.15, -0.1) is 0 Å². The Morgan fingerprint density at radius 2 is 2.18 bits per heavy atom. The van der Waals surface area contributed by atoms with Crippen LogP contribution in [0.2, 0.25) is 5.02 Å². The predicted octanol–water partition coefficient (Wildman–Crippen LogP) is 3.44. The number of nitrogens with one attached hydrogen (secondary N) is 1. The van der Waals surface area contributed by atoms with Crippen LogP contribution < -0.4 is 5.32 Å². The molecule has 0 aromatic carbocycles. The van der Waals surface area contributed by atoms with E-state index in [0.29, 0.717) is 23.1 Å². The van der Waals surface area contributed by atoms with Crippen molar-refractivity contribution < 1.29 is 4.39 Å². The Labute approximate surface area is 108 Å². The highest BCUT2D eigenvalue weighted by Gasteiger charge is 2.14. The van der Waals surface area contributed by atoms with Gasteiger partial charge < -0.3 is 5.32 Å². The maximum Gasteiger partial charge on any atom is 0.146 e. The van der Waals surface area contributed by atoms with Crippen molar-refractivity contribution in [3.63, 3.8) is 0 Å². The Bertz CT molecular complexity index is 355. The van der Waals surface area contributed by atoms with Crippen molar-refractivity contribution >= 4 is 11.6 Å². The van der Waals surface area contributed by atoms with Gasteiger partial charge >= 0.3 is 0 Å². The SMILES string of the molecule is CCNC(Cc1ncc(Cl)cc1F)CC(C)C. The van der Waals surface area contributed by atoms with Crippen LogP contribution in [0.15, 0.2) is 12.3 Å². The molecule has 0 spiro atoms. The lowest BCUT2D eigenvalue weighted by atomic mass is 9.99. The number of hydrogen-bond acceptors (Lipinski definition) is 2. The van der Waals surface area contributed by atoms with Gasteiger partial charge in [0.2, 0.25) is 0 Å². The molecule has 4 heteroatoms. The second-order valence-electron chi connectivity index (χ2n) is 4.67. The smallest absolute Gasteiger partial charge is 0.146 e. The van der Waals surface area contributed by atoms with Crippen LogP contribution in [0.3, 0.4) is 0 Å². The first-order chi connectivity index (χ1) is 8.02. The maximum absolute atomic E-state index is 13.6. The van der Waals surface area contributed by atoms with E-state index in [0.717, 1.165) is 13.0 Å². The van der Waals surface area contributed by atoms with Gasteiger partial charge in [0, 0.05) is 18.7 Å². The van der Waals surface area contributed by atoms with E-state index >= 15 is 0 Å². The average Bonchev–Trinajstić information content (AvgIpc) is 2.21. The predicted molar refractivity (Wildman–Crippen MR) is 69.8 cm³/mol. The minimum atomic E-state index is -0.316. The molecule has 0 radical (unpaired) electrons. The summed E-state index contributed by atoms with van der Waals surface area (Å²) in [6.45, 7) is 7.26. The second kappa shape index (κ2) is 6.92. The van der Waals surface area contributed by atoms with Gasteiger partial charge in [-0.25, -0.2) is 4.39 Å². The van der Waals surface area contributed by atoms with Crippen molar-refractivity contribution in [1.29, 1.82) is 0 Å². The summed E-state index contributed by atoms with van der Waals surface area (Å²) >= 11 is 5.68. The molecule has 0 saturated heterocycles. The lowest BCUT2D eigenvalue weighted by Gasteiger charge is -2.19. The summed E-state index contributed by atoms with van der Waals surface area (Å²) in [6.07, 6.45) is 3.12. The van der Waals surface area contributed by atoms with Gasteiger partial charge in [-0.05, 0) is 24.9 Å². The Morgan fingerprint density at radius 1 is 1.47 bits per heavy atom. The van der Waals surface area contributed by atoms with Crippen LogP contribution >= 0.6 is 11.6 Å². The molecule has 1 unspecified atom stereocenters. The van der Waals surface area contributed by atoms with Crippen LogP contribution in [0.5, 0.6) is 0 Å². The van der Waals surface area contributed by atoms with Crippen LogP contribution in [0.1, 0.15) is 32.9 Å². The maximum atomic E-state index is 13.6. The van der Waals surface area contributed by atoms with Gasteiger partial charge in [-0.1, -0.05) is 32.4 Å². The quantitative estimate of drug-likeness (QED) is 0.846. The van der Waals surface area contributed by atoms with Crippen LogP contribution in [-0.2, 0) is 6.42 Å². The van der Waals surface area contributed by atoms with E-state index in [-0.39, 0.29) is 11.9 Å². The largest absolute Gasteiger partial charge is 0.314 e. The van der Waals surface area contributed by atoms with Crippen molar-refractivity contribution in [3.05, 3.63) is 28.8 Å². The summed E-state index contributed by atoms with van der Waals surface area (Å²) in [4.78, 5) is 4.06. The molecular weight excluding hydrogens is 239 g/mol. The third-order valence-corrected chi connectivity index (χ3v) is 2.78. The van der Waals surface area contributed by atoms with E-state index in [9.17, 15) is 4.39 Å². The Kier molecular flexibility index (Phi) is 5.86. The zero-order valence-electron chi connectivity index (χ0n) is 10.6. The minimum Gasteiger partial charge on any atom is -0.314 e. The van der Waals surface area contributed by atoms with Gasteiger partial charge in [-0.2, -0.15) is 0 Å². The Hall–Kier alpha value is -0.670. The molecule has 0 fully saturated rings. The molecule has 0 amide bonds. The fraction of sp³-hybridized carbons (Fsp3) is 0.615. The van der Waals surface area contributed by atoms with Crippen molar-refractivity contribution in [2.45, 2.75) is 39.7 Å². The van der Waals surface area contributed by atoms with Crippen LogP contribution in [0.25, 0.3) is 0 Å². The summed E-state index contributed by atoms with van der Waals surface area (Å²) in [6, 6.07) is 1.59. The van der Waals surface area contributed by atoms with Crippen LogP contribution in [0, 0.1) is 11.7 Å². The first kappa shape index (κ1) is 14.4. The molecule has 0 aliphatic heterocycles. The molecule has 1 aromatic heterocycles. The molecule has 96 valence electrons. The van der Waals surface area contributed by atoms with Gasteiger partial charge in [0.15, 0.2) is 0 Å². The van der Waals surface area contributed by atoms with Gasteiger partial charge in [0.25, 0.3) is 0 Å². The molecule has 17 heavy (non-hydrogen) atoms. The number of rotatable bonds is 6. The first-order valence-electron chi connectivity index (χ1n) is 6.06. The fourth-order valence-electron chi connectivity index (χ4n) is 1.92. The van der Waals surface area contributed by atoms with Crippen molar-refractivity contribution in [3.8, 4) is 0 Å². The molecule has 1 rings (SSSR count). The zero-order valence-corrected chi connectivity index (χ0v) is 11.4. The highest BCUT2D eigenvalue weighted by atomic mass is 35.5. The molecule has 0 saturated carbocycles. The zero-order chi connectivity index (χ0) is 12.8. The minimum absolute atomic E-state index is 0.267. The highest BCUT2D eigenvalue weighted by molar-refractivity contribution is 6.30. The van der Waals surface area contributed by atoms with Crippen LogP contribution in [0.4, 0.5) is 4.39 Å². The normalized spacial score (nSPS) is 13.1. The molecular formula is C13H20ClFN2. The third-order valence-electron chi connectivity index (χ3n) is 2.57. The molecule has 2 nitrogen and oxygen atoms in total. The topological polar surface area (TPSA) is 24.9 Å². The number of likely N-dealkylation sites (N-methyl/N-ethyl adjacent to an activating group) is 1. The Balaban J connectivity index is 2.71. The van der Waals surface area contributed by atoms with E-state index in [4.69, 9.17) is 11.6 Å². The van der Waals surface area contributed by atoms with E-state index in [1.807, 2.05) is 0 Å². The Morgan fingerprint density at radius 3 is 2.71 bits per heavy atom. The number of halogens is 2. The number of nitrogens with zero attached hydrogens (tertiary/aromatic N) is 1. The van der Waals surface area contributed by atoms with E-state index in [2.05, 4.69) is 31.1 Å². The lowest BCUT2D eigenvalue weighted by Crippen LogP contribution is -2.32. The summed E-state index contributed by atoms with van der Waals surface area (Å²) in [5.74, 6) is 0.263. The molecule has 0 aliphatic rings. The molecule has 1 atom stereocenters. The molecule has 0 bridgehead atoms. The third kappa shape index (κ3) is 5.00. The monoisotopic (exact) mass is 258 g/mol. The standard InChI is InChI=1S/C13H20ClFN2/c1-4-16-11(5-9(2)3)7-13-12(15)6-10(14)8-17-13/h6,8-9,11,16H,4-5,7H2,1-3H3. The van der Waals surface area contributed by atoms with Gasteiger partial charge in [-0.3, -0.25) is 4.98 Å². The summed E-state index contributed by atoms with van der Waals surface area (Å²) in [5, 5.41) is 3.71. The average molecular weight is 259 g/mol. The van der Waals surface area contributed by atoms with Crippen LogP contribution in [-0.4, -0.2) is 17.6 Å². The number of aromatic nitrogens is 1. The molecule has 1 aromatic rings. The first-order valence-corrected chi connectivity index (χ1v) is 6.44. The number of hydrogen-bond donors (Lipinski definition) is 1. The van der Waals surface area contributed by atoms with Gasteiger partial charge in [0.1, 0.15) is 5.82 Å². The summed E-state index contributed by atoms with van der Waals surface area (Å²) in [5.41, 5.74) is 0.487. The van der Waals surface area contributed by atoms with Crippen molar-refractivity contribution in [2.75, 3.05) is 6.54 Å². The highest BCUT2D eigenvalue weighted by Crippen LogP contribution is 2.15. The van der Waals surface area contributed by atoms with E-state index in [1.54, 1.807) is 0 Å². The summed E-state index contributed by atoms with van der Waals surface area (Å²) in [7, 11) is 0. The summed E-state index contributed by atoms with van der Waals surface area (Å²) < 4.78 is 13.6. The fourth-order valence-corrected chi connectivity index (χ4v) is 2.07. The van der Waals surface area contributed by atoms with Crippen molar-refractivity contribution in [1.82, 2.24) is 10.3 Å².